The summed E-state index contributed by atoms with van der Waals surface area (Å²) in [5.41, 5.74) is 2.23. The van der Waals surface area contributed by atoms with Crippen molar-refractivity contribution in [2.24, 2.45) is 0 Å². The summed E-state index contributed by atoms with van der Waals surface area (Å²) < 4.78 is 42.4. The second kappa shape index (κ2) is 19.1. The van der Waals surface area contributed by atoms with Crippen molar-refractivity contribution in [2.75, 3.05) is 20.8 Å². The first-order valence-electron chi connectivity index (χ1n) is 19.3. The number of aromatic amines is 1. The van der Waals surface area contributed by atoms with E-state index in [4.69, 9.17) is 28.0 Å². The zero-order valence-corrected chi connectivity index (χ0v) is 34.8. The van der Waals surface area contributed by atoms with Crippen molar-refractivity contribution in [3.8, 4) is 17.6 Å². The molecule has 0 saturated carbocycles. The summed E-state index contributed by atoms with van der Waals surface area (Å²) in [6.07, 6.45) is -0.304. The highest BCUT2D eigenvalue weighted by atomic mass is 31.2. The number of aryl methyl sites for hydroxylation is 1. The van der Waals surface area contributed by atoms with E-state index in [-0.39, 0.29) is 31.7 Å². The van der Waals surface area contributed by atoms with Crippen LogP contribution in [0.15, 0.2) is 119 Å². The lowest BCUT2D eigenvalue weighted by atomic mass is 9.80. The molecule has 304 valence electrons. The number of benzene rings is 4. The summed E-state index contributed by atoms with van der Waals surface area (Å²) in [6, 6.07) is 35.1. The summed E-state index contributed by atoms with van der Waals surface area (Å²) >= 11 is 0. The van der Waals surface area contributed by atoms with Crippen LogP contribution in [0.25, 0.3) is 0 Å². The Hall–Kier alpha value is -5.12. The smallest absolute Gasteiger partial charge is 0.330 e. The van der Waals surface area contributed by atoms with Crippen molar-refractivity contribution < 1.29 is 28.0 Å². The van der Waals surface area contributed by atoms with Gasteiger partial charge in [-0.2, -0.15) is 5.26 Å². The topological polar surface area (TPSA) is 137 Å². The number of nitrogens with one attached hydrogen (secondary N) is 1. The number of methoxy groups -OCH3 is 2. The molecule has 58 heavy (non-hydrogen) atoms. The van der Waals surface area contributed by atoms with Gasteiger partial charge in [0.2, 0.25) is 0 Å². The monoisotopic (exact) mass is 806 g/mol. The summed E-state index contributed by atoms with van der Waals surface area (Å²) in [4.78, 5) is 28.1. The Morgan fingerprint density at radius 1 is 0.862 bits per heavy atom. The van der Waals surface area contributed by atoms with Crippen LogP contribution in [0.5, 0.6) is 11.5 Å². The summed E-state index contributed by atoms with van der Waals surface area (Å²) in [7, 11) is 1.56. The molecule has 0 radical (unpaired) electrons. The molecular formula is C45H51N4O8P. The number of H-pyrrole nitrogens is 1. The molecule has 1 aliphatic heterocycles. The molecule has 1 fully saturated rings. The first kappa shape index (κ1) is 42.5. The molecule has 1 aromatic heterocycles. The van der Waals surface area contributed by atoms with Crippen LogP contribution in [0.3, 0.4) is 0 Å². The van der Waals surface area contributed by atoms with E-state index in [0.29, 0.717) is 22.6 Å². The van der Waals surface area contributed by atoms with Gasteiger partial charge in [-0.3, -0.25) is 14.3 Å². The van der Waals surface area contributed by atoms with Gasteiger partial charge in [-0.05, 0) is 93.3 Å². The highest BCUT2D eigenvalue weighted by Crippen LogP contribution is 2.51. The van der Waals surface area contributed by atoms with Crippen LogP contribution in [0, 0.1) is 18.3 Å². The maximum absolute atomic E-state index is 13.3. The van der Waals surface area contributed by atoms with E-state index < -0.39 is 43.8 Å². The lowest BCUT2D eigenvalue weighted by molar-refractivity contribution is -0.0926. The standard InChI is InChI=1S/C45H51N4O8P/c1-30(2)49(31(3)4)58(55-28-34-15-13-33(26-46)14-16-34)57-40-25-42(48-27-32(5)43(50)47-44(48)51)56-41(40)29-54-45(35-11-9-8-10-12-35,36-17-21-38(52-6)22-18-36)37-19-23-39(53-7)24-20-37/h8-24,27,30-31,40-42H,25,28-29H2,1-7H3,(H,47,50,51)/t40?,41?,42-,58?/m1/s1. The Labute approximate surface area is 340 Å². The van der Waals surface area contributed by atoms with Gasteiger partial charge >= 0.3 is 5.69 Å². The number of rotatable bonds is 17. The minimum Gasteiger partial charge on any atom is -0.497 e. The normalized spacial score (nSPS) is 17.4. The largest absolute Gasteiger partial charge is 0.497 e. The van der Waals surface area contributed by atoms with E-state index >= 15 is 0 Å². The molecule has 6 rings (SSSR count). The molecule has 1 N–H and O–H groups in total. The van der Waals surface area contributed by atoms with Crippen molar-refractivity contribution in [1.29, 1.82) is 5.26 Å². The second-order valence-electron chi connectivity index (χ2n) is 14.7. The van der Waals surface area contributed by atoms with Gasteiger partial charge < -0.3 is 28.0 Å². The Morgan fingerprint density at radius 3 is 1.97 bits per heavy atom. The molecule has 0 amide bonds. The Balaban J connectivity index is 1.42. The molecule has 0 bridgehead atoms. The third kappa shape index (κ3) is 9.43. The number of aromatic nitrogens is 2. The quantitative estimate of drug-likeness (QED) is 0.0728. The van der Waals surface area contributed by atoms with Crippen molar-refractivity contribution in [3.05, 3.63) is 164 Å². The molecular weight excluding hydrogens is 755 g/mol. The fourth-order valence-corrected chi connectivity index (χ4v) is 9.03. The maximum Gasteiger partial charge on any atom is 0.330 e. The Bertz CT molecular complexity index is 2200. The van der Waals surface area contributed by atoms with Crippen LogP contribution in [0.4, 0.5) is 0 Å². The van der Waals surface area contributed by atoms with E-state index in [1.807, 2.05) is 91.0 Å². The molecule has 3 unspecified atom stereocenters. The number of hydrogen-bond acceptors (Lipinski definition) is 10. The summed E-state index contributed by atoms with van der Waals surface area (Å²) in [6.45, 7) is 10.3. The number of nitriles is 1. The molecule has 0 spiro atoms. The van der Waals surface area contributed by atoms with Gasteiger partial charge in [0, 0.05) is 30.3 Å². The van der Waals surface area contributed by atoms with Gasteiger partial charge in [0.15, 0.2) is 0 Å². The van der Waals surface area contributed by atoms with Crippen LogP contribution in [-0.2, 0) is 30.7 Å². The molecule has 4 aromatic carbocycles. The third-order valence-electron chi connectivity index (χ3n) is 10.2. The minimum absolute atomic E-state index is 0.0351. The van der Waals surface area contributed by atoms with Gasteiger partial charge in [-0.25, -0.2) is 9.46 Å². The van der Waals surface area contributed by atoms with Gasteiger partial charge in [0.1, 0.15) is 29.4 Å². The predicted octanol–water partition coefficient (Wildman–Crippen LogP) is 7.98. The first-order valence-corrected chi connectivity index (χ1v) is 20.4. The minimum atomic E-state index is -1.70. The van der Waals surface area contributed by atoms with Crippen LogP contribution in [-0.4, -0.2) is 59.3 Å². The number of ether oxygens (including phenoxy) is 4. The molecule has 1 aliphatic rings. The van der Waals surface area contributed by atoms with Gasteiger partial charge in [-0.15, -0.1) is 0 Å². The second-order valence-corrected chi connectivity index (χ2v) is 16.1. The van der Waals surface area contributed by atoms with Crippen LogP contribution in [0.1, 0.15) is 73.7 Å². The molecule has 5 aromatic rings. The first-order chi connectivity index (χ1) is 28.0. The van der Waals surface area contributed by atoms with E-state index in [1.165, 1.54) is 10.8 Å². The third-order valence-corrected chi connectivity index (χ3v) is 12.3. The van der Waals surface area contributed by atoms with Crippen LogP contribution >= 0.6 is 8.53 Å². The van der Waals surface area contributed by atoms with E-state index in [1.54, 1.807) is 33.3 Å². The fraction of sp³-hybridized carbons (Fsp3) is 0.356. The highest BCUT2D eigenvalue weighted by Gasteiger charge is 2.45. The van der Waals surface area contributed by atoms with Gasteiger partial charge in [0.05, 0.1) is 45.2 Å². The molecule has 12 nitrogen and oxygen atoms in total. The van der Waals surface area contributed by atoms with Crippen molar-refractivity contribution in [2.45, 2.75) is 83.8 Å². The average Bonchev–Trinajstić information content (AvgIpc) is 3.64. The van der Waals surface area contributed by atoms with Crippen molar-refractivity contribution >= 4 is 8.53 Å². The van der Waals surface area contributed by atoms with E-state index in [2.05, 4.69) is 43.4 Å². The highest BCUT2D eigenvalue weighted by molar-refractivity contribution is 7.44. The zero-order chi connectivity index (χ0) is 41.4. The lowest BCUT2D eigenvalue weighted by Crippen LogP contribution is -2.39. The predicted molar refractivity (Wildman–Crippen MR) is 223 cm³/mol. The van der Waals surface area contributed by atoms with E-state index in [9.17, 15) is 14.9 Å². The zero-order valence-electron chi connectivity index (χ0n) is 34.0. The summed E-state index contributed by atoms with van der Waals surface area (Å²) in [5, 5.41) is 9.33. The Kier molecular flexibility index (Phi) is 14.0. The van der Waals surface area contributed by atoms with Crippen molar-refractivity contribution in [1.82, 2.24) is 14.2 Å². The molecule has 13 heteroatoms. The Morgan fingerprint density at radius 2 is 1.43 bits per heavy atom. The van der Waals surface area contributed by atoms with Gasteiger partial charge in [-0.1, -0.05) is 66.7 Å². The molecule has 4 atom stereocenters. The molecule has 1 saturated heterocycles. The SMILES string of the molecule is COc1ccc(C(OCC2O[C@@H](n3cc(C)c(=O)[nH]c3=O)CC2OP(OCc2ccc(C#N)cc2)N(C(C)C)C(C)C)(c2ccccc2)c2ccc(OC)cc2)cc1. The van der Waals surface area contributed by atoms with Gasteiger partial charge in [0.25, 0.3) is 14.1 Å². The fourth-order valence-electron chi connectivity index (χ4n) is 7.26. The molecule has 2 heterocycles. The lowest BCUT2D eigenvalue weighted by Gasteiger charge is -2.39. The molecule has 0 aliphatic carbocycles. The van der Waals surface area contributed by atoms with E-state index in [0.717, 1.165) is 22.3 Å². The number of nitrogens with zero attached hydrogens (tertiary/aromatic N) is 3. The van der Waals surface area contributed by atoms with Crippen molar-refractivity contribution in [3.63, 3.8) is 0 Å². The van der Waals surface area contributed by atoms with Crippen LogP contribution in [0.2, 0.25) is 0 Å². The average molecular weight is 807 g/mol. The summed E-state index contributed by atoms with van der Waals surface area (Å²) in [5.74, 6) is 1.40. The van der Waals surface area contributed by atoms with Crippen LogP contribution < -0.4 is 20.7 Å². The number of hydrogen-bond donors (Lipinski definition) is 1. The maximum atomic E-state index is 13.3.